The number of hydrogen-bond acceptors (Lipinski definition) is 3. The highest BCUT2D eigenvalue weighted by molar-refractivity contribution is 5.90. The fraction of sp³-hybridized carbons (Fsp3) is 0.125. The largest absolute Gasteiger partial charge is 0.497 e. The first kappa shape index (κ1) is 15.3. The number of urea groups is 1. The molecule has 6 heteroatoms. The number of nitrogens with zero attached hydrogens (tertiary/aromatic N) is 1. The lowest BCUT2D eigenvalue weighted by Crippen LogP contribution is -2.28. The average Bonchev–Trinajstić information content (AvgIpc) is 2.55. The van der Waals surface area contributed by atoms with Crippen LogP contribution < -0.4 is 15.4 Å². The molecule has 2 amide bonds. The summed E-state index contributed by atoms with van der Waals surface area (Å²) in [5.74, 6) is 0.207. The second kappa shape index (κ2) is 7.09. The summed E-state index contributed by atoms with van der Waals surface area (Å²) in [6.07, 6.45) is 0. The summed E-state index contributed by atoms with van der Waals surface area (Å²) in [4.78, 5) is 11.8. The maximum absolute atomic E-state index is 13.0. The van der Waals surface area contributed by atoms with Crippen molar-refractivity contribution in [2.75, 3.05) is 12.4 Å². The van der Waals surface area contributed by atoms with Crippen molar-refractivity contribution in [3.63, 3.8) is 0 Å². The Labute approximate surface area is 127 Å². The fourth-order valence-corrected chi connectivity index (χ4v) is 1.81. The molecule has 2 rings (SSSR count). The van der Waals surface area contributed by atoms with Gasteiger partial charge in [-0.3, -0.25) is 0 Å². The van der Waals surface area contributed by atoms with Gasteiger partial charge in [-0.05, 0) is 35.9 Å². The van der Waals surface area contributed by atoms with Gasteiger partial charge < -0.3 is 15.4 Å². The molecule has 0 atom stereocenters. The van der Waals surface area contributed by atoms with E-state index in [2.05, 4.69) is 10.6 Å². The minimum atomic E-state index is -0.527. The minimum absolute atomic E-state index is 0.0691. The molecule has 0 saturated carbocycles. The van der Waals surface area contributed by atoms with Crippen molar-refractivity contribution < 1.29 is 13.9 Å². The maximum atomic E-state index is 13.0. The van der Waals surface area contributed by atoms with Gasteiger partial charge >= 0.3 is 6.03 Å². The van der Waals surface area contributed by atoms with Crippen LogP contribution >= 0.6 is 0 Å². The van der Waals surface area contributed by atoms with E-state index in [1.54, 1.807) is 19.2 Å². The number of hydrogen-bond donors (Lipinski definition) is 2. The summed E-state index contributed by atoms with van der Waals surface area (Å²) in [6, 6.07) is 12.2. The highest BCUT2D eigenvalue weighted by atomic mass is 19.1. The molecule has 0 aliphatic carbocycles. The van der Waals surface area contributed by atoms with Crippen molar-refractivity contribution in [1.82, 2.24) is 5.32 Å². The number of carbonyl (C=O) groups excluding carboxylic acids is 1. The molecule has 112 valence electrons. The predicted molar refractivity (Wildman–Crippen MR) is 80.0 cm³/mol. The first-order chi connectivity index (χ1) is 10.6. The molecule has 2 aromatic carbocycles. The molecule has 2 aromatic rings. The van der Waals surface area contributed by atoms with Crippen molar-refractivity contribution >= 4 is 11.7 Å². The third-order valence-corrected chi connectivity index (χ3v) is 2.96. The number of anilines is 1. The molecule has 0 unspecified atom stereocenters. The summed E-state index contributed by atoms with van der Waals surface area (Å²) in [6.45, 7) is 0.318. The summed E-state index contributed by atoms with van der Waals surface area (Å²) in [5, 5.41) is 14.1. The lowest BCUT2D eigenvalue weighted by Gasteiger charge is -2.09. The Balaban J connectivity index is 1.94. The van der Waals surface area contributed by atoms with Crippen LogP contribution in [-0.2, 0) is 6.54 Å². The molecular formula is C16H14FN3O2. The topological polar surface area (TPSA) is 74.2 Å². The molecule has 22 heavy (non-hydrogen) atoms. The van der Waals surface area contributed by atoms with Crippen LogP contribution in [0.1, 0.15) is 11.1 Å². The number of nitrogens with one attached hydrogen (secondary N) is 2. The number of benzene rings is 2. The third-order valence-electron chi connectivity index (χ3n) is 2.96. The first-order valence-corrected chi connectivity index (χ1v) is 6.50. The monoisotopic (exact) mass is 299 g/mol. The van der Waals surface area contributed by atoms with Gasteiger partial charge in [-0.2, -0.15) is 5.26 Å². The van der Waals surface area contributed by atoms with Gasteiger partial charge in [-0.1, -0.05) is 12.1 Å². The standard InChI is InChI=1S/C16H14FN3O2/c1-22-14-5-2-11(3-6-14)10-19-16(21)20-15-7-4-13(17)8-12(15)9-18/h2-8H,10H2,1H3,(H2,19,20,21). The first-order valence-electron chi connectivity index (χ1n) is 6.50. The van der Waals surface area contributed by atoms with Gasteiger partial charge in [-0.15, -0.1) is 0 Å². The number of methoxy groups -OCH3 is 1. The van der Waals surface area contributed by atoms with Crippen LogP contribution in [0.3, 0.4) is 0 Å². The van der Waals surface area contributed by atoms with Crippen molar-refractivity contribution in [1.29, 1.82) is 5.26 Å². The number of rotatable bonds is 4. The third kappa shape index (κ3) is 3.96. The summed E-state index contributed by atoms with van der Waals surface area (Å²) >= 11 is 0. The van der Waals surface area contributed by atoms with Crippen LogP contribution in [0.5, 0.6) is 5.75 Å². The second-order valence-electron chi connectivity index (χ2n) is 4.46. The SMILES string of the molecule is COc1ccc(CNC(=O)Nc2ccc(F)cc2C#N)cc1. The molecule has 0 spiro atoms. The van der Waals surface area contributed by atoms with Crippen LogP contribution in [0.4, 0.5) is 14.9 Å². The average molecular weight is 299 g/mol. The van der Waals surface area contributed by atoms with Gasteiger partial charge in [0.15, 0.2) is 0 Å². The normalized spacial score (nSPS) is 9.68. The Kier molecular flexibility index (Phi) is 4.94. The van der Waals surface area contributed by atoms with E-state index in [1.165, 1.54) is 12.1 Å². The Bertz CT molecular complexity index is 708. The van der Waals surface area contributed by atoms with E-state index in [9.17, 15) is 9.18 Å². The van der Waals surface area contributed by atoms with E-state index in [0.717, 1.165) is 17.4 Å². The molecule has 0 bridgehead atoms. The number of amides is 2. The van der Waals surface area contributed by atoms with Crippen LogP contribution in [0.2, 0.25) is 0 Å². The van der Waals surface area contributed by atoms with E-state index < -0.39 is 11.8 Å². The predicted octanol–water partition coefficient (Wildman–Crippen LogP) is 3.03. The Morgan fingerprint density at radius 1 is 1.27 bits per heavy atom. The lowest BCUT2D eigenvalue weighted by atomic mass is 10.2. The number of carbonyl (C=O) groups is 1. The Hall–Kier alpha value is -3.07. The van der Waals surface area contributed by atoms with Crippen LogP contribution in [0, 0.1) is 17.1 Å². The molecule has 0 aromatic heterocycles. The van der Waals surface area contributed by atoms with Crippen LogP contribution in [-0.4, -0.2) is 13.1 Å². The van der Waals surface area contributed by atoms with Crippen LogP contribution in [0.25, 0.3) is 0 Å². The number of halogens is 1. The van der Waals surface area contributed by atoms with Crippen LogP contribution in [0.15, 0.2) is 42.5 Å². The molecule has 0 radical (unpaired) electrons. The molecule has 0 heterocycles. The van der Waals surface area contributed by atoms with E-state index in [-0.39, 0.29) is 11.3 Å². The van der Waals surface area contributed by atoms with Gasteiger partial charge in [0.2, 0.25) is 0 Å². The molecule has 0 aliphatic rings. The molecule has 0 aliphatic heterocycles. The number of ether oxygens (including phenoxy) is 1. The minimum Gasteiger partial charge on any atom is -0.497 e. The molecule has 2 N–H and O–H groups in total. The molecule has 0 saturated heterocycles. The van der Waals surface area contributed by atoms with Gasteiger partial charge in [0.05, 0.1) is 18.4 Å². The van der Waals surface area contributed by atoms with E-state index in [0.29, 0.717) is 6.54 Å². The summed E-state index contributed by atoms with van der Waals surface area (Å²) in [7, 11) is 1.58. The fourth-order valence-electron chi connectivity index (χ4n) is 1.81. The van der Waals surface area contributed by atoms with Crippen molar-refractivity contribution in [3.8, 4) is 11.8 Å². The van der Waals surface area contributed by atoms with Crippen molar-refractivity contribution in [3.05, 3.63) is 59.4 Å². The Morgan fingerprint density at radius 2 is 2.00 bits per heavy atom. The molecular weight excluding hydrogens is 285 g/mol. The molecule has 0 fully saturated rings. The van der Waals surface area contributed by atoms with Crippen molar-refractivity contribution in [2.24, 2.45) is 0 Å². The zero-order chi connectivity index (χ0) is 15.9. The van der Waals surface area contributed by atoms with Gasteiger partial charge in [0, 0.05) is 6.54 Å². The zero-order valence-electron chi connectivity index (χ0n) is 11.9. The molecule has 5 nitrogen and oxygen atoms in total. The highest BCUT2D eigenvalue weighted by Gasteiger charge is 2.07. The smallest absolute Gasteiger partial charge is 0.319 e. The van der Waals surface area contributed by atoms with Crippen molar-refractivity contribution in [2.45, 2.75) is 6.54 Å². The summed E-state index contributed by atoms with van der Waals surface area (Å²) < 4.78 is 18.1. The quantitative estimate of drug-likeness (QED) is 0.911. The second-order valence-corrected chi connectivity index (χ2v) is 4.46. The van der Waals surface area contributed by atoms with Gasteiger partial charge in [0.25, 0.3) is 0 Å². The van der Waals surface area contributed by atoms with E-state index >= 15 is 0 Å². The lowest BCUT2D eigenvalue weighted by molar-refractivity contribution is 0.251. The zero-order valence-corrected chi connectivity index (χ0v) is 11.9. The van der Waals surface area contributed by atoms with E-state index in [1.807, 2.05) is 18.2 Å². The van der Waals surface area contributed by atoms with E-state index in [4.69, 9.17) is 10.00 Å². The maximum Gasteiger partial charge on any atom is 0.319 e. The van der Waals surface area contributed by atoms with Gasteiger partial charge in [0.1, 0.15) is 17.6 Å². The highest BCUT2D eigenvalue weighted by Crippen LogP contribution is 2.16. The Morgan fingerprint density at radius 3 is 2.64 bits per heavy atom. The summed E-state index contributed by atoms with van der Waals surface area (Å²) in [5.41, 5.74) is 1.23. The number of nitriles is 1. The van der Waals surface area contributed by atoms with Gasteiger partial charge in [-0.25, -0.2) is 9.18 Å².